The van der Waals surface area contributed by atoms with Gasteiger partial charge in [0.25, 0.3) is 0 Å². The summed E-state index contributed by atoms with van der Waals surface area (Å²) in [5.74, 6) is 0. The largest absolute Gasteiger partial charge is 0.457 e. The molecule has 0 unspecified atom stereocenters. The molecule has 0 aromatic rings. The summed E-state index contributed by atoms with van der Waals surface area (Å²) in [7, 11) is 1.30. The van der Waals surface area contributed by atoms with Crippen LogP contribution < -0.4 is 0 Å². The van der Waals surface area contributed by atoms with Crippen molar-refractivity contribution in [2.75, 3.05) is 13.7 Å². The standard InChI is InChI=1S/C11H20B2O6/c1-4-12-15-6-7(17-12)8-9-10(11(14-3)16-8)19-13(5-2)18-9/h7-11H,4-6H2,1-3H3/t7-,8-,9+,10+,11+/m1/s1. The molecule has 0 spiro atoms. The first-order chi connectivity index (χ1) is 9.26. The van der Waals surface area contributed by atoms with Gasteiger partial charge in [0.05, 0.1) is 12.7 Å². The zero-order valence-electron chi connectivity index (χ0n) is 11.6. The van der Waals surface area contributed by atoms with Crippen LogP contribution in [0.1, 0.15) is 13.8 Å². The molecule has 0 saturated carbocycles. The van der Waals surface area contributed by atoms with Gasteiger partial charge in [-0.3, -0.25) is 0 Å². The third-order valence-electron chi connectivity index (χ3n) is 3.86. The average Bonchev–Trinajstić information content (AvgIpc) is 3.12. The van der Waals surface area contributed by atoms with Gasteiger partial charge in [0.15, 0.2) is 6.29 Å². The molecule has 3 rings (SSSR count). The smallest absolute Gasteiger partial charge is 0.408 e. The third kappa shape index (κ3) is 2.46. The Morgan fingerprint density at radius 3 is 2.37 bits per heavy atom. The molecule has 3 aliphatic rings. The van der Waals surface area contributed by atoms with Crippen molar-refractivity contribution >= 4 is 14.2 Å². The second-order valence-corrected chi connectivity index (χ2v) is 5.09. The molecule has 3 saturated heterocycles. The Hall–Kier alpha value is -0.110. The van der Waals surface area contributed by atoms with Gasteiger partial charge in [-0.25, -0.2) is 0 Å². The summed E-state index contributed by atoms with van der Waals surface area (Å²) in [6.07, 6.45) is 0.634. The Morgan fingerprint density at radius 1 is 1.00 bits per heavy atom. The summed E-state index contributed by atoms with van der Waals surface area (Å²) in [6.45, 7) is 4.60. The van der Waals surface area contributed by atoms with Crippen LogP contribution in [-0.4, -0.2) is 58.7 Å². The quantitative estimate of drug-likeness (QED) is 0.696. The van der Waals surface area contributed by atoms with E-state index in [0.29, 0.717) is 6.61 Å². The zero-order chi connectivity index (χ0) is 13.4. The summed E-state index contributed by atoms with van der Waals surface area (Å²) in [5, 5.41) is 0. The van der Waals surface area contributed by atoms with E-state index in [-0.39, 0.29) is 38.7 Å². The monoisotopic (exact) mass is 270 g/mol. The maximum atomic E-state index is 5.90. The van der Waals surface area contributed by atoms with E-state index >= 15 is 0 Å². The molecule has 0 N–H and O–H groups in total. The van der Waals surface area contributed by atoms with Crippen LogP contribution in [0.25, 0.3) is 0 Å². The van der Waals surface area contributed by atoms with E-state index in [1.54, 1.807) is 7.11 Å². The molecule has 3 heterocycles. The van der Waals surface area contributed by atoms with E-state index in [9.17, 15) is 0 Å². The second-order valence-electron chi connectivity index (χ2n) is 5.09. The van der Waals surface area contributed by atoms with Gasteiger partial charge in [-0.05, 0) is 12.6 Å². The maximum absolute atomic E-state index is 5.90. The van der Waals surface area contributed by atoms with Crippen molar-refractivity contribution in [3.05, 3.63) is 0 Å². The van der Waals surface area contributed by atoms with Crippen molar-refractivity contribution in [3.63, 3.8) is 0 Å². The van der Waals surface area contributed by atoms with Crippen molar-refractivity contribution in [1.29, 1.82) is 0 Å². The summed E-state index contributed by atoms with van der Waals surface area (Å²) < 4.78 is 34.3. The molecule has 106 valence electrons. The molecule has 0 aliphatic carbocycles. The van der Waals surface area contributed by atoms with Crippen LogP contribution in [0.5, 0.6) is 0 Å². The van der Waals surface area contributed by atoms with Gasteiger partial charge in [-0.1, -0.05) is 13.8 Å². The minimum absolute atomic E-state index is 0.114. The van der Waals surface area contributed by atoms with Gasteiger partial charge in [0.2, 0.25) is 0 Å². The van der Waals surface area contributed by atoms with Crippen molar-refractivity contribution in [2.45, 2.75) is 57.2 Å². The van der Waals surface area contributed by atoms with Crippen LogP contribution in [0.4, 0.5) is 0 Å². The molecule has 0 bridgehead atoms. The molecular formula is C11H20B2O6. The molecule has 5 atom stereocenters. The van der Waals surface area contributed by atoms with Crippen LogP contribution in [0.15, 0.2) is 0 Å². The first kappa shape index (κ1) is 13.9. The Kier molecular flexibility index (Phi) is 4.17. The van der Waals surface area contributed by atoms with Gasteiger partial charge in [0, 0.05) is 7.11 Å². The van der Waals surface area contributed by atoms with Gasteiger partial charge in [-0.15, -0.1) is 0 Å². The molecule has 3 aliphatic heterocycles. The van der Waals surface area contributed by atoms with Gasteiger partial charge in [0.1, 0.15) is 18.3 Å². The van der Waals surface area contributed by atoms with Gasteiger partial charge >= 0.3 is 14.2 Å². The fraction of sp³-hybridized carbons (Fsp3) is 1.00. The normalized spacial score (nSPS) is 42.2. The summed E-state index contributed by atoms with van der Waals surface area (Å²) in [5.41, 5.74) is 0. The predicted octanol–water partition coefficient (Wildman–Crippen LogP) is 0.573. The molecule has 6 nitrogen and oxygen atoms in total. The number of rotatable bonds is 4. The fourth-order valence-corrected chi connectivity index (χ4v) is 2.87. The highest BCUT2D eigenvalue weighted by atomic mass is 16.8. The molecule has 0 amide bonds. The van der Waals surface area contributed by atoms with E-state index < -0.39 is 6.29 Å². The van der Waals surface area contributed by atoms with E-state index in [0.717, 1.165) is 12.6 Å². The number of hydrogen-bond donors (Lipinski definition) is 0. The maximum Gasteiger partial charge on any atom is 0.457 e. The highest BCUT2D eigenvalue weighted by molar-refractivity contribution is 6.45. The van der Waals surface area contributed by atoms with Gasteiger partial charge < -0.3 is 28.1 Å². The lowest BCUT2D eigenvalue weighted by molar-refractivity contribution is -0.160. The molecule has 0 aromatic heterocycles. The number of hydrogen-bond acceptors (Lipinski definition) is 6. The van der Waals surface area contributed by atoms with Crippen LogP contribution in [-0.2, 0) is 28.1 Å². The average molecular weight is 270 g/mol. The molecule has 3 fully saturated rings. The first-order valence-electron chi connectivity index (χ1n) is 7.03. The van der Waals surface area contributed by atoms with Crippen molar-refractivity contribution in [2.24, 2.45) is 0 Å². The Labute approximate surface area is 114 Å². The molecular weight excluding hydrogens is 250 g/mol. The van der Waals surface area contributed by atoms with Crippen LogP contribution in [0.3, 0.4) is 0 Å². The highest BCUT2D eigenvalue weighted by Gasteiger charge is 2.57. The first-order valence-corrected chi connectivity index (χ1v) is 7.03. The highest BCUT2D eigenvalue weighted by Crippen LogP contribution is 2.37. The van der Waals surface area contributed by atoms with E-state index in [1.165, 1.54) is 0 Å². The lowest BCUT2D eigenvalue weighted by Crippen LogP contribution is -2.39. The number of fused-ring (bicyclic) bond motifs is 1. The van der Waals surface area contributed by atoms with E-state index in [1.807, 2.05) is 13.8 Å². The SMILES string of the molecule is CCB1O[C@@H]2[C@H](O1)[C@@H](OC)O[C@@H]2[C@H]1COB(CC)O1. The Bertz CT molecular complexity index is 320. The predicted molar refractivity (Wildman–Crippen MR) is 68.7 cm³/mol. The minimum Gasteiger partial charge on any atom is -0.408 e. The summed E-state index contributed by atoms with van der Waals surface area (Å²) >= 11 is 0. The lowest BCUT2D eigenvalue weighted by Gasteiger charge is -2.22. The van der Waals surface area contributed by atoms with Crippen molar-refractivity contribution in [1.82, 2.24) is 0 Å². The third-order valence-corrected chi connectivity index (χ3v) is 3.86. The number of ether oxygens (including phenoxy) is 2. The van der Waals surface area contributed by atoms with E-state index in [2.05, 4.69) is 0 Å². The van der Waals surface area contributed by atoms with Crippen molar-refractivity contribution in [3.8, 4) is 0 Å². The summed E-state index contributed by atoms with van der Waals surface area (Å²) in [4.78, 5) is 0. The molecule has 0 aromatic carbocycles. The van der Waals surface area contributed by atoms with Crippen LogP contribution >= 0.6 is 0 Å². The fourth-order valence-electron chi connectivity index (χ4n) is 2.87. The topological polar surface area (TPSA) is 55.4 Å². The molecule has 8 heteroatoms. The molecule has 0 radical (unpaired) electrons. The minimum atomic E-state index is -0.393. The van der Waals surface area contributed by atoms with Crippen LogP contribution in [0.2, 0.25) is 12.6 Å². The van der Waals surface area contributed by atoms with E-state index in [4.69, 9.17) is 28.1 Å². The Balaban J connectivity index is 1.69. The molecule has 19 heavy (non-hydrogen) atoms. The van der Waals surface area contributed by atoms with Crippen molar-refractivity contribution < 1.29 is 28.1 Å². The zero-order valence-corrected chi connectivity index (χ0v) is 11.6. The Morgan fingerprint density at radius 2 is 1.74 bits per heavy atom. The number of methoxy groups -OCH3 is 1. The lowest BCUT2D eigenvalue weighted by atomic mass is 9.86. The second kappa shape index (κ2) is 5.71. The van der Waals surface area contributed by atoms with Crippen LogP contribution in [0, 0.1) is 0 Å². The van der Waals surface area contributed by atoms with Gasteiger partial charge in [-0.2, -0.15) is 0 Å². The summed E-state index contributed by atoms with van der Waals surface area (Å²) in [6, 6.07) is 0.